The van der Waals surface area contributed by atoms with Gasteiger partial charge >= 0.3 is 0 Å². The third-order valence-corrected chi connectivity index (χ3v) is 4.88. The van der Waals surface area contributed by atoms with E-state index in [1.807, 2.05) is 26.8 Å². The van der Waals surface area contributed by atoms with Crippen LogP contribution >= 0.6 is 11.6 Å². The van der Waals surface area contributed by atoms with E-state index in [-0.39, 0.29) is 17.9 Å². The third-order valence-electron chi connectivity index (χ3n) is 4.59. The van der Waals surface area contributed by atoms with Gasteiger partial charge in [0.25, 0.3) is 0 Å². The second-order valence-electron chi connectivity index (χ2n) is 7.57. The Balaban J connectivity index is 1.70. The molecule has 0 aliphatic carbocycles. The van der Waals surface area contributed by atoms with E-state index in [0.717, 1.165) is 5.56 Å². The number of aryl methyl sites for hydroxylation is 1. The number of rotatable bonds is 8. The summed E-state index contributed by atoms with van der Waals surface area (Å²) in [6, 6.07) is 14.0. The van der Waals surface area contributed by atoms with Gasteiger partial charge in [-0.3, -0.25) is 4.79 Å². The summed E-state index contributed by atoms with van der Waals surface area (Å²) in [4.78, 5) is 16.6. The Labute approximate surface area is 203 Å². The van der Waals surface area contributed by atoms with E-state index < -0.39 is 0 Å². The lowest BCUT2D eigenvalue weighted by atomic mass is 10.1. The van der Waals surface area contributed by atoms with Crippen LogP contribution in [0.1, 0.15) is 30.5 Å². The molecule has 1 aromatic heterocycles. The molecule has 1 heterocycles. The lowest BCUT2D eigenvalue weighted by Gasteiger charge is -2.15. The van der Waals surface area contributed by atoms with E-state index in [2.05, 4.69) is 10.3 Å². The molecule has 0 aliphatic rings. The minimum absolute atomic E-state index is 0.0593. The summed E-state index contributed by atoms with van der Waals surface area (Å²) < 4.78 is 16.8. The van der Waals surface area contributed by atoms with Crippen LogP contribution in [0.3, 0.4) is 0 Å². The van der Waals surface area contributed by atoms with Crippen LogP contribution in [0.25, 0.3) is 6.08 Å². The molecule has 0 fully saturated rings. The number of nitrogens with one attached hydrogen (secondary N) is 1. The summed E-state index contributed by atoms with van der Waals surface area (Å²) in [6.45, 7) is 5.64. The van der Waals surface area contributed by atoms with Crippen molar-refractivity contribution in [1.29, 1.82) is 5.26 Å². The number of hydrogen-bond donors (Lipinski definition) is 1. The molecule has 7 nitrogen and oxygen atoms in total. The fourth-order valence-electron chi connectivity index (χ4n) is 3.04. The number of methoxy groups -OCH3 is 1. The largest absolute Gasteiger partial charge is 0.493 e. The molecule has 3 rings (SSSR count). The minimum atomic E-state index is -0.314. The van der Waals surface area contributed by atoms with Gasteiger partial charge in [0.05, 0.1) is 18.2 Å². The summed E-state index contributed by atoms with van der Waals surface area (Å²) in [7, 11) is 1.53. The van der Waals surface area contributed by atoms with Crippen molar-refractivity contribution in [2.24, 2.45) is 0 Å². The highest BCUT2D eigenvalue weighted by molar-refractivity contribution is 6.32. The Kier molecular flexibility index (Phi) is 8.12. The molecule has 0 saturated heterocycles. The van der Waals surface area contributed by atoms with Crippen molar-refractivity contribution in [2.75, 3.05) is 12.4 Å². The average molecular weight is 478 g/mol. The van der Waals surface area contributed by atoms with Crippen molar-refractivity contribution < 1.29 is 19.0 Å². The normalized spacial score (nSPS) is 10.7. The molecular formula is C26H24ClN3O4. The first-order chi connectivity index (χ1) is 16.3. The number of ether oxygens (including phenoxy) is 3. The molecule has 0 saturated carbocycles. The number of nitrogens with zero attached hydrogens (tertiary/aromatic N) is 2. The first-order valence-corrected chi connectivity index (χ1v) is 10.9. The van der Waals surface area contributed by atoms with Crippen molar-refractivity contribution in [3.8, 4) is 29.2 Å². The van der Waals surface area contributed by atoms with Crippen LogP contribution in [-0.4, -0.2) is 24.1 Å². The number of nitriles is 1. The maximum absolute atomic E-state index is 12.5. The number of pyridine rings is 1. The van der Waals surface area contributed by atoms with E-state index in [1.54, 1.807) is 54.7 Å². The summed E-state index contributed by atoms with van der Waals surface area (Å²) >= 11 is 6.34. The van der Waals surface area contributed by atoms with E-state index in [1.165, 1.54) is 13.2 Å². The number of carbonyl (C=O) groups excluding carboxylic acids is 1. The number of anilines is 1. The highest BCUT2D eigenvalue weighted by Crippen LogP contribution is 2.37. The number of benzene rings is 2. The number of aromatic nitrogens is 1. The standard InChI is InChI=1S/C26H24ClN3O4/c1-16(2)33-25-21(27)13-18(14-23(25)32-4)7-10-24(31)30-22-9-8-20(12-17(22)3)34-26-19(15-28)6-5-11-29-26/h5-14,16H,1-4H3,(H,30,31)/b10-7+. The van der Waals surface area contributed by atoms with E-state index in [4.69, 9.17) is 25.8 Å². The molecule has 8 heteroatoms. The number of hydrogen-bond acceptors (Lipinski definition) is 6. The van der Waals surface area contributed by atoms with Crippen molar-refractivity contribution in [2.45, 2.75) is 26.9 Å². The van der Waals surface area contributed by atoms with Gasteiger partial charge in [-0.05, 0) is 80.4 Å². The van der Waals surface area contributed by atoms with Crippen LogP contribution in [0.15, 0.2) is 54.7 Å². The molecule has 1 N–H and O–H groups in total. The smallest absolute Gasteiger partial charge is 0.248 e. The topological polar surface area (TPSA) is 93.5 Å². The quantitative estimate of drug-likeness (QED) is 0.391. The third kappa shape index (κ3) is 6.27. The van der Waals surface area contributed by atoms with Crippen molar-refractivity contribution in [3.63, 3.8) is 0 Å². The van der Waals surface area contributed by atoms with E-state index in [9.17, 15) is 10.1 Å². The molecule has 2 aromatic carbocycles. The molecule has 0 aliphatic heterocycles. The summed E-state index contributed by atoms with van der Waals surface area (Å²) in [5.74, 6) is 1.37. The van der Waals surface area contributed by atoms with Gasteiger partial charge in [-0.15, -0.1) is 0 Å². The zero-order valence-corrected chi connectivity index (χ0v) is 20.0. The van der Waals surface area contributed by atoms with Gasteiger partial charge in [0.15, 0.2) is 11.5 Å². The Morgan fingerprint density at radius 3 is 2.71 bits per heavy atom. The molecule has 0 radical (unpaired) electrons. The molecule has 34 heavy (non-hydrogen) atoms. The molecule has 0 bridgehead atoms. The van der Waals surface area contributed by atoms with Crippen LogP contribution in [0, 0.1) is 18.3 Å². The van der Waals surface area contributed by atoms with Crippen LogP contribution in [0.2, 0.25) is 5.02 Å². The Morgan fingerprint density at radius 1 is 1.24 bits per heavy atom. The zero-order chi connectivity index (χ0) is 24.7. The zero-order valence-electron chi connectivity index (χ0n) is 19.3. The van der Waals surface area contributed by atoms with Crippen LogP contribution in [0.5, 0.6) is 23.1 Å². The molecule has 1 amide bonds. The predicted molar refractivity (Wildman–Crippen MR) is 132 cm³/mol. The van der Waals surface area contributed by atoms with Gasteiger partial charge < -0.3 is 19.5 Å². The molecule has 3 aromatic rings. The monoisotopic (exact) mass is 477 g/mol. The van der Waals surface area contributed by atoms with Crippen LogP contribution in [-0.2, 0) is 4.79 Å². The highest BCUT2D eigenvalue weighted by Gasteiger charge is 2.13. The van der Waals surface area contributed by atoms with Gasteiger partial charge in [0.1, 0.15) is 17.4 Å². The Morgan fingerprint density at radius 2 is 2.03 bits per heavy atom. The highest BCUT2D eigenvalue weighted by atomic mass is 35.5. The summed E-state index contributed by atoms with van der Waals surface area (Å²) in [5, 5.41) is 12.4. The molecular weight excluding hydrogens is 454 g/mol. The minimum Gasteiger partial charge on any atom is -0.493 e. The Bertz CT molecular complexity index is 1270. The number of amides is 1. The van der Waals surface area contributed by atoms with Gasteiger partial charge in [-0.1, -0.05) is 11.6 Å². The van der Waals surface area contributed by atoms with Gasteiger partial charge in [-0.25, -0.2) is 4.98 Å². The van der Waals surface area contributed by atoms with Crippen molar-refractivity contribution in [1.82, 2.24) is 4.98 Å². The van der Waals surface area contributed by atoms with Gasteiger partial charge in [-0.2, -0.15) is 5.26 Å². The number of halogens is 1. The molecule has 0 atom stereocenters. The second kappa shape index (κ2) is 11.2. The van der Waals surface area contributed by atoms with Crippen LogP contribution in [0.4, 0.5) is 5.69 Å². The van der Waals surface area contributed by atoms with E-state index >= 15 is 0 Å². The number of carbonyl (C=O) groups is 1. The summed E-state index contributed by atoms with van der Waals surface area (Å²) in [5.41, 5.74) is 2.44. The first kappa shape index (κ1) is 24.6. The lowest BCUT2D eigenvalue weighted by molar-refractivity contribution is -0.111. The fourth-order valence-corrected chi connectivity index (χ4v) is 3.30. The maximum Gasteiger partial charge on any atom is 0.248 e. The molecule has 174 valence electrons. The summed E-state index contributed by atoms with van der Waals surface area (Å²) in [6.07, 6.45) is 4.54. The molecule has 0 spiro atoms. The second-order valence-corrected chi connectivity index (χ2v) is 7.98. The SMILES string of the molecule is COc1cc(/C=C/C(=O)Nc2ccc(Oc3ncccc3C#N)cc2C)cc(Cl)c1OC(C)C. The Hall–Kier alpha value is -4.02. The first-order valence-electron chi connectivity index (χ1n) is 10.5. The van der Waals surface area contributed by atoms with Gasteiger partial charge in [0.2, 0.25) is 11.8 Å². The average Bonchev–Trinajstić information content (AvgIpc) is 2.81. The molecule has 0 unspecified atom stereocenters. The van der Waals surface area contributed by atoms with Crippen molar-refractivity contribution in [3.05, 3.63) is 76.5 Å². The van der Waals surface area contributed by atoms with Crippen LogP contribution < -0.4 is 19.5 Å². The lowest BCUT2D eigenvalue weighted by Crippen LogP contribution is -2.09. The van der Waals surface area contributed by atoms with E-state index in [0.29, 0.717) is 39.1 Å². The van der Waals surface area contributed by atoms with Crippen molar-refractivity contribution >= 4 is 29.3 Å². The fraction of sp³-hybridized carbons (Fsp3) is 0.192. The predicted octanol–water partition coefficient (Wildman–Crippen LogP) is 6.16. The maximum atomic E-state index is 12.5. The van der Waals surface area contributed by atoms with Gasteiger partial charge in [0, 0.05) is 18.0 Å².